The maximum atomic E-state index is 12.2. The van der Waals surface area contributed by atoms with Gasteiger partial charge in [-0.15, -0.1) is 21.5 Å². The summed E-state index contributed by atoms with van der Waals surface area (Å²) in [6.07, 6.45) is 4.58. The molecule has 13 heteroatoms. The van der Waals surface area contributed by atoms with Crippen LogP contribution in [0.5, 0.6) is 17.2 Å². The van der Waals surface area contributed by atoms with Crippen molar-refractivity contribution in [2.24, 2.45) is 0 Å². The molecule has 3 aromatic rings. The van der Waals surface area contributed by atoms with E-state index in [0.717, 1.165) is 0 Å². The number of hydrogen-bond donors (Lipinski definition) is 2. The number of hydrogen-bond acceptors (Lipinski definition) is 11. The molecule has 0 saturated carbocycles. The molecule has 0 atom stereocenters. The molecule has 1 aromatic carbocycles. The Morgan fingerprint density at radius 2 is 1.81 bits per heavy atom. The minimum Gasteiger partial charge on any atom is -0.493 e. The molecule has 0 saturated heterocycles. The third-order valence-electron chi connectivity index (χ3n) is 3.76. The van der Waals surface area contributed by atoms with Gasteiger partial charge in [-0.3, -0.25) is 14.9 Å². The fourth-order valence-corrected chi connectivity index (χ4v) is 4.50. The van der Waals surface area contributed by atoms with Crippen LogP contribution in [0, 0.1) is 0 Å². The topological polar surface area (TPSA) is 125 Å². The van der Waals surface area contributed by atoms with Crippen LogP contribution >= 0.6 is 34.4 Å². The fourth-order valence-electron chi connectivity index (χ4n) is 2.40. The molecule has 0 spiro atoms. The van der Waals surface area contributed by atoms with Gasteiger partial charge in [0.25, 0.3) is 0 Å². The molecule has 3 rings (SSSR count). The lowest BCUT2D eigenvalue weighted by molar-refractivity contribution is -0.114. The average molecular weight is 494 g/mol. The highest BCUT2D eigenvalue weighted by Crippen LogP contribution is 2.38. The Labute approximate surface area is 196 Å². The number of rotatable bonds is 10. The molecule has 2 heterocycles. The smallest absolute Gasteiger partial charge is 0.250 e. The van der Waals surface area contributed by atoms with Crippen molar-refractivity contribution in [3.8, 4) is 17.2 Å². The monoisotopic (exact) mass is 493 g/mol. The van der Waals surface area contributed by atoms with Crippen molar-refractivity contribution in [2.45, 2.75) is 4.34 Å². The minimum absolute atomic E-state index is 0.156. The maximum Gasteiger partial charge on any atom is 0.250 e. The van der Waals surface area contributed by atoms with Crippen molar-refractivity contribution in [1.29, 1.82) is 0 Å². The van der Waals surface area contributed by atoms with Crippen LogP contribution in [0.2, 0.25) is 0 Å². The third-order valence-corrected chi connectivity index (χ3v) is 6.42. The lowest BCUT2D eigenvalue weighted by atomic mass is 10.1. The summed E-state index contributed by atoms with van der Waals surface area (Å²) in [6.45, 7) is 0. The van der Waals surface area contributed by atoms with Gasteiger partial charge in [-0.1, -0.05) is 23.1 Å². The van der Waals surface area contributed by atoms with Gasteiger partial charge in [0, 0.05) is 17.7 Å². The lowest BCUT2D eigenvalue weighted by Gasteiger charge is -2.12. The first-order chi connectivity index (χ1) is 15.5. The first-order valence-corrected chi connectivity index (χ1v) is 11.6. The zero-order valence-corrected chi connectivity index (χ0v) is 19.7. The molecule has 0 aliphatic rings. The highest BCUT2D eigenvalue weighted by molar-refractivity contribution is 8.01. The van der Waals surface area contributed by atoms with Crippen molar-refractivity contribution >= 4 is 62.6 Å². The largest absolute Gasteiger partial charge is 0.493 e. The highest BCUT2D eigenvalue weighted by Gasteiger charge is 2.13. The molecular formula is C19H19N5O5S3. The zero-order chi connectivity index (χ0) is 22.9. The second kappa shape index (κ2) is 11.5. The van der Waals surface area contributed by atoms with E-state index in [9.17, 15) is 9.59 Å². The summed E-state index contributed by atoms with van der Waals surface area (Å²) in [4.78, 5) is 28.1. The van der Waals surface area contributed by atoms with Crippen LogP contribution in [0.3, 0.4) is 0 Å². The summed E-state index contributed by atoms with van der Waals surface area (Å²) in [5.41, 5.74) is 0.689. The van der Waals surface area contributed by atoms with E-state index in [1.807, 2.05) is 0 Å². The fraction of sp³-hybridized carbons (Fsp3) is 0.211. The van der Waals surface area contributed by atoms with Crippen LogP contribution in [-0.2, 0) is 9.59 Å². The predicted molar refractivity (Wildman–Crippen MR) is 125 cm³/mol. The molecule has 168 valence electrons. The molecule has 0 unspecified atom stereocenters. The van der Waals surface area contributed by atoms with Crippen molar-refractivity contribution in [1.82, 2.24) is 15.2 Å². The van der Waals surface area contributed by atoms with Gasteiger partial charge in [0.2, 0.25) is 22.7 Å². The maximum absolute atomic E-state index is 12.2. The van der Waals surface area contributed by atoms with E-state index in [2.05, 4.69) is 25.8 Å². The number of thiazole rings is 1. The van der Waals surface area contributed by atoms with Gasteiger partial charge in [-0.2, -0.15) is 0 Å². The van der Waals surface area contributed by atoms with Crippen LogP contribution in [0.15, 0.2) is 34.1 Å². The Kier molecular flexibility index (Phi) is 8.41. The van der Waals surface area contributed by atoms with E-state index in [4.69, 9.17) is 14.2 Å². The van der Waals surface area contributed by atoms with Crippen LogP contribution in [0.4, 0.5) is 10.3 Å². The van der Waals surface area contributed by atoms with E-state index < -0.39 is 0 Å². The molecule has 0 aliphatic carbocycles. The number of amides is 2. The van der Waals surface area contributed by atoms with E-state index in [1.54, 1.807) is 29.8 Å². The number of anilines is 2. The van der Waals surface area contributed by atoms with Crippen molar-refractivity contribution in [3.05, 3.63) is 35.3 Å². The minimum atomic E-state index is -0.382. The van der Waals surface area contributed by atoms with Gasteiger partial charge in [0.15, 0.2) is 21.0 Å². The summed E-state index contributed by atoms with van der Waals surface area (Å²) >= 11 is 3.74. The quantitative estimate of drug-likeness (QED) is 0.248. The van der Waals surface area contributed by atoms with Gasteiger partial charge >= 0.3 is 0 Å². The Hall–Kier alpha value is -3.16. The molecule has 0 radical (unpaired) electrons. The molecule has 0 aliphatic heterocycles. The number of ether oxygens (including phenoxy) is 3. The van der Waals surface area contributed by atoms with Crippen LogP contribution < -0.4 is 24.8 Å². The standard InChI is InChI=1S/C19H19N5O5S3/c1-27-12-8-11(9-13(28-2)16(12)29-3)4-5-14(25)21-18-23-24-19(32-18)31-10-15(26)22-17-20-6-7-30-17/h4-9H,10H2,1-3H3,(H,20,22,26)(H,21,23,25)/b5-4+. The molecule has 0 bridgehead atoms. The molecule has 32 heavy (non-hydrogen) atoms. The Balaban J connectivity index is 1.55. The van der Waals surface area contributed by atoms with Gasteiger partial charge in [-0.25, -0.2) is 4.98 Å². The second-order valence-electron chi connectivity index (χ2n) is 5.83. The molecule has 2 amide bonds. The van der Waals surface area contributed by atoms with Crippen LogP contribution in [-0.4, -0.2) is 54.1 Å². The normalized spacial score (nSPS) is 10.7. The summed E-state index contributed by atoms with van der Waals surface area (Å²) < 4.78 is 16.4. The van der Waals surface area contributed by atoms with Crippen LogP contribution in [0.25, 0.3) is 6.08 Å². The number of nitrogens with one attached hydrogen (secondary N) is 2. The molecular weight excluding hydrogens is 474 g/mol. The number of benzene rings is 1. The summed E-state index contributed by atoms with van der Waals surface area (Å²) in [7, 11) is 4.56. The average Bonchev–Trinajstić information content (AvgIpc) is 3.47. The van der Waals surface area contributed by atoms with E-state index in [0.29, 0.717) is 37.4 Å². The van der Waals surface area contributed by atoms with Crippen molar-refractivity contribution < 1.29 is 23.8 Å². The number of methoxy groups -OCH3 is 3. The van der Waals surface area contributed by atoms with Crippen molar-refractivity contribution in [2.75, 3.05) is 37.7 Å². The number of nitrogens with zero attached hydrogens (tertiary/aromatic N) is 3. The van der Waals surface area contributed by atoms with Gasteiger partial charge in [-0.05, 0) is 23.8 Å². The Morgan fingerprint density at radius 3 is 2.44 bits per heavy atom. The van der Waals surface area contributed by atoms with Crippen molar-refractivity contribution in [3.63, 3.8) is 0 Å². The highest BCUT2D eigenvalue weighted by atomic mass is 32.2. The lowest BCUT2D eigenvalue weighted by Crippen LogP contribution is -2.13. The zero-order valence-electron chi connectivity index (χ0n) is 17.3. The number of aromatic nitrogens is 3. The van der Waals surface area contributed by atoms with Gasteiger partial charge < -0.3 is 19.5 Å². The molecule has 10 nitrogen and oxygen atoms in total. The first-order valence-electron chi connectivity index (χ1n) is 8.97. The summed E-state index contributed by atoms with van der Waals surface area (Å²) in [5, 5.41) is 15.9. The number of thioether (sulfide) groups is 1. The van der Waals surface area contributed by atoms with E-state index in [-0.39, 0.29) is 17.6 Å². The van der Waals surface area contributed by atoms with Crippen LogP contribution in [0.1, 0.15) is 5.56 Å². The second-order valence-corrected chi connectivity index (χ2v) is 8.92. The molecule has 2 aromatic heterocycles. The predicted octanol–water partition coefficient (Wildman–Crippen LogP) is 3.40. The summed E-state index contributed by atoms with van der Waals surface area (Å²) in [6, 6.07) is 3.45. The van der Waals surface area contributed by atoms with Gasteiger partial charge in [0.05, 0.1) is 27.1 Å². The van der Waals surface area contributed by atoms with E-state index in [1.165, 1.54) is 61.8 Å². The molecule has 0 fully saturated rings. The third kappa shape index (κ3) is 6.42. The molecule has 2 N–H and O–H groups in total. The first kappa shape index (κ1) is 23.5. The number of carbonyl (C=O) groups is 2. The summed E-state index contributed by atoms with van der Waals surface area (Å²) in [5.74, 6) is 1.01. The Bertz CT molecular complexity index is 1080. The Morgan fingerprint density at radius 1 is 1.06 bits per heavy atom. The van der Waals surface area contributed by atoms with Gasteiger partial charge in [0.1, 0.15) is 0 Å². The van der Waals surface area contributed by atoms with E-state index >= 15 is 0 Å². The number of carbonyl (C=O) groups excluding carboxylic acids is 2. The SMILES string of the molecule is COc1cc(/C=C/C(=O)Nc2nnc(SCC(=O)Nc3nccs3)s2)cc(OC)c1OC.